The molecule has 9 rings (SSSR count). The second-order valence-corrected chi connectivity index (χ2v) is 15.9. The highest BCUT2D eigenvalue weighted by atomic mass is 32.1. The number of benzene rings is 3. The smallest absolute Gasteiger partial charge is 0.265 e. The summed E-state index contributed by atoms with van der Waals surface area (Å²) in [5.74, 6) is -2.11. The number of hydrogen-bond acceptors (Lipinski definition) is 8. The van der Waals surface area contributed by atoms with Crippen molar-refractivity contribution in [1.29, 1.82) is 0 Å². The second kappa shape index (κ2) is 13.7. The number of amides is 3. The Kier molecular flexibility index (Phi) is 8.71. The van der Waals surface area contributed by atoms with Gasteiger partial charge in [0, 0.05) is 54.9 Å². The first kappa shape index (κ1) is 34.3. The van der Waals surface area contributed by atoms with Crippen LogP contribution in [0.1, 0.15) is 48.8 Å². The van der Waals surface area contributed by atoms with Crippen molar-refractivity contribution < 1.29 is 27.9 Å². The minimum absolute atomic E-state index is 0.198. The van der Waals surface area contributed by atoms with Gasteiger partial charge in [-0.15, -0.1) is 22.7 Å². The van der Waals surface area contributed by atoms with Crippen molar-refractivity contribution in [1.82, 2.24) is 4.98 Å². The highest BCUT2D eigenvalue weighted by Crippen LogP contribution is 2.46. The summed E-state index contributed by atoms with van der Waals surface area (Å²) >= 11 is 2.68. The number of para-hydroxylation sites is 2. The van der Waals surface area contributed by atoms with Gasteiger partial charge < -0.3 is 25.2 Å². The van der Waals surface area contributed by atoms with Crippen LogP contribution in [0.25, 0.3) is 20.7 Å². The van der Waals surface area contributed by atoms with Crippen molar-refractivity contribution in [3.8, 4) is 9.75 Å². The Labute approximate surface area is 317 Å². The number of fused-ring (bicyclic) bond motifs is 4. The van der Waals surface area contributed by atoms with Gasteiger partial charge in [0.1, 0.15) is 23.1 Å². The van der Waals surface area contributed by atoms with E-state index in [2.05, 4.69) is 15.5 Å². The van der Waals surface area contributed by atoms with Crippen LogP contribution in [0.2, 0.25) is 0 Å². The maximum Gasteiger partial charge on any atom is 0.265 e. The third-order valence-electron chi connectivity index (χ3n) is 10.5. The first-order chi connectivity index (χ1) is 26.2. The molecule has 3 aromatic carbocycles. The third kappa shape index (κ3) is 6.21. The van der Waals surface area contributed by atoms with E-state index >= 15 is 0 Å². The van der Waals surface area contributed by atoms with Crippen LogP contribution in [-0.2, 0) is 11.2 Å². The standard InChI is InChI=1S/C41H33F2N5O4S2/c42-29-5-3-6-30(43)34(29)46-39(50)33-21-26-12-16-48(32-13-19-53-36(32)35(26)54-33)40(51)24-8-10-27(11-9-24)44-38(49)28-20-25-4-1-2-7-31(25)45-37(28)47-22-41(23-47)14-17-52-18-15-41/h1-11,13,19-21H,12,14-18,22-23H2,(H,44,49)(H,46,50). The van der Waals surface area contributed by atoms with E-state index in [4.69, 9.17) is 9.72 Å². The number of carbonyl (C=O) groups excluding carboxylic acids is 3. The number of halogens is 2. The summed E-state index contributed by atoms with van der Waals surface area (Å²) in [5.41, 5.74) is 3.65. The van der Waals surface area contributed by atoms with Gasteiger partial charge in [-0.05, 0) is 90.9 Å². The quantitative estimate of drug-likeness (QED) is 0.176. The van der Waals surface area contributed by atoms with Gasteiger partial charge in [0.15, 0.2) is 0 Å². The van der Waals surface area contributed by atoms with Crippen LogP contribution >= 0.6 is 22.7 Å². The Bertz CT molecular complexity index is 2430. The molecule has 3 aromatic heterocycles. The van der Waals surface area contributed by atoms with Crippen LogP contribution in [0.15, 0.2) is 90.3 Å². The number of nitrogens with zero attached hydrogens (tertiary/aromatic N) is 3. The van der Waals surface area contributed by atoms with Gasteiger partial charge in [-0.3, -0.25) is 14.4 Å². The normalized spacial score (nSPS) is 16.0. The van der Waals surface area contributed by atoms with E-state index in [-0.39, 0.29) is 17.2 Å². The molecule has 2 fully saturated rings. The number of nitrogens with one attached hydrogen (secondary N) is 2. The lowest BCUT2D eigenvalue weighted by Crippen LogP contribution is -2.59. The lowest BCUT2D eigenvalue weighted by molar-refractivity contribution is -0.000492. The van der Waals surface area contributed by atoms with Gasteiger partial charge >= 0.3 is 0 Å². The molecule has 3 aliphatic heterocycles. The second-order valence-electron chi connectivity index (χ2n) is 13.9. The molecule has 0 saturated carbocycles. The minimum Gasteiger partial charge on any atom is -0.381 e. The molecule has 0 radical (unpaired) electrons. The molecule has 6 heterocycles. The number of hydrogen-bond donors (Lipinski definition) is 2. The summed E-state index contributed by atoms with van der Waals surface area (Å²) in [5, 5.41) is 8.17. The predicted molar refractivity (Wildman–Crippen MR) is 208 cm³/mol. The zero-order valence-corrected chi connectivity index (χ0v) is 30.5. The summed E-state index contributed by atoms with van der Waals surface area (Å²) in [7, 11) is 0. The summed E-state index contributed by atoms with van der Waals surface area (Å²) in [4.78, 5) is 51.7. The monoisotopic (exact) mass is 761 g/mol. The van der Waals surface area contributed by atoms with Crippen molar-refractivity contribution in [3.05, 3.63) is 124 Å². The molecule has 3 aliphatic rings. The van der Waals surface area contributed by atoms with Crippen molar-refractivity contribution in [3.63, 3.8) is 0 Å². The summed E-state index contributed by atoms with van der Waals surface area (Å²) < 4.78 is 34.0. The molecular formula is C41H33F2N5O4S2. The Balaban J connectivity index is 0.914. The molecular weight excluding hydrogens is 729 g/mol. The van der Waals surface area contributed by atoms with Crippen LogP contribution in [-0.4, -0.2) is 55.6 Å². The van der Waals surface area contributed by atoms with Crippen molar-refractivity contribution in [2.24, 2.45) is 5.41 Å². The first-order valence-electron chi connectivity index (χ1n) is 17.7. The fraction of sp³-hybridized carbons (Fsp3) is 0.220. The van der Waals surface area contributed by atoms with E-state index in [0.29, 0.717) is 40.5 Å². The maximum absolute atomic E-state index is 14.2. The number of ether oxygens (including phenoxy) is 1. The third-order valence-corrected chi connectivity index (χ3v) is 12.7. The van der Waals surface area contributed by atoms with Gasteiger partial charge in [-0.25, -0.2) is 13.8 Å². The number of rotatable bonds is 6. The van der Waals surface area contributed by atoms with E-state index in [1.54, 1.807) is 35.2 Å². The highest BCUT2D eigenvalue weighted by molar-refractivity contribution is 7.23. The predicted octanol–water partition coefficient (Wildman–Crippen LogP) is 8.63. The number of anilines is 4. The van der Waals surface area contributed by atoms with Crippen LogP contribution in [0.5, 0.6) is 0 Å². The molecule has 2 N–H and O–H groups in total. The Morgan fingerprint density at radius 1 is 0.833 bits per heavy atom. The molecule has 0 atom stereocenters. The molecule has 9 nitrogen and oxygen atoms in total. The Hall–Kier alpha value is -5.50. The van der Waals surface area contributed by atoms with Crippen LogP contribution < -0.4 is 20.4 Å². The van der Waals surface area contributed by atoms with Crippen LogP contribution in [0, 0.1) is 17.0 Å². The van der Waals surface area contributed by atoms with Crippen LogP contribution in [0.4, 0.5) is 31.7 Å². The zero-order valence-electron chi connectivity index (χ0n) is 28.9. The lowest BCUT2D eigenvalue weighted by Gasteiger charge is -2.53. The van der Waals surface area contributed by atoms with Crippen molar-refractivity contribution in [2.75, 3.05) is 53.3 Å². The summed E-state index contributed by atoms with van der Waals surface area (Å²) in [6.07, 6.45) is 2.48. The number of carbonyl (C=O) groups is 3. The molecule has 0 unspecified atom stereocenters. The topological polar surface area (TPSA) is 104 Å². The SMILES string of the molecule is O=C(Nc1c(F)cccc1F)c1cc2c(s1)-c1sccc1N(C(=O)c1ccc(NC(=O)c3cc4ccccc4nc3N3CC4(CCOCC4)C3)cc1)CC2. The van der Waals surface area contributed by atoms with Gasteiger partial charge in [0.2, 0.25) is 0 Å². The zero-order chi connectivity index (χ0) is 37.0. The highest BCUT2D eigenvalue weighted by Gasteiger charge is 2.45. The summed E-state index contributed by atoms with van der Waals surface area (Å²) in [6.45, 7) is 3.55. The van der Waals surface area contributed by atoms with Gasteiger partial charge in [0.05, 0.1) is 31.4 Å². The fourth-order valence-corrected chi connectivity index (χ4v) is 9.75. The number of pyridine rings is 1. The number of thiophene rings is 2. The molecule has 1 spiro atoms. The lowest BCUT2D eigenvalue weighted by atomic mass is 9.73. The summed E-state index contributed by atoms with van der Waals surface area (Å²) in [6, 6.07) is 23.6. The van der Waals surface area contributed by atoms with E-state index in [1.807, 2.05) is 41.8 Å². The minimum atomic E-state index is -0.853. The van der Waals surface area contributed by atoms with E-state index in [9.17, 15) is 23.2 Å². The van der Waals surface area contributed by atoms with Crippen molar-refractivity contribution in [2.45, 2.75) is 19.3 Å². The Morgan fingerprint density at radius 3 is 2.37 bits per heavy atom. The molecule has 2 saturated heterocycles. The average Bonchev–Trinajstić information content (AvgIpc) is 3.80. The molecule has 0 aliphatic carbocycles. The molecule has 6 aromatic rings. The van der Waals surface area contributed by atoms with E-state index in [1.165, 1.54) is 28.7 Å². The van der Waals surface area contributed by atoms with Gasteiger partial charge in [-0.2, -0.15) is 0 Å². The molecule has 13 heteroatoms. The molecule has 0 bridgehead atoms. The maximum atomic E-state index is 14.2. The largest absolute Gasteiger partial charge is 0.381 e. The fourth-order valence-electron chi connectivity index (χ4n) is 7.56. The first-order valence-corrected chi connectivity index (χ1v) is 19.4. The molecule has 54 heavy (non-hydrogen) atoms. The average molecular weight is 762 g/mol. The van der Waals surface area contributed by atoms with Crippen LogP contribution in [0.3, 0.4) is 0 Å². The molecule has 3 amide bonds. The van der Waals surface area contributed by atoms with E-state index < -0.39 is 23.2 Å². The van der Waals surface area contributed by atoms with Crippen molar-refractivity contribution >= 4 is 74.2 Å². The Morgan fingerprint density at radius 2 is 1.59 bits per heavy atom. The van der Waals surface area contributed by atoms with Gasteiger partial charge in [0.25, 0.3) is 17.7 Å². The van der Waals surface area contributed by atoms with Gasteiger partial charge in [-0.1, -0.05) is 24.3 Å². The number of aromatic nitrogens is 1. The molecule has 272 valence electrons. The van der Waals surface area contributed by atoms with E-state index in [0.717, 1.165) is 83.2 Å².